The normalized spacial score (nSPS) is 16.4. The Morgan fingerprint density at radius 3 is 2.84 bits per heavy atom. The van der Waals surface area contributed by atoms with E-state index < -0.39 is 11.6 Å². The SMILES string of the molecule is O=C1C[C@H](c2cccc(O)c2)c2ncn(-c3cc(F)ccc3F)c2N1. The Balaban J connectivity index is 1.86. The molecule has 0 unspecified atom stereocenters. The van der Waals surface area contributed by atoms with Gasteiger partial charge in [0.05, 0.1) is 11.4 Å². The van der Waals surface area contributed by atoms with Crippen molar-refractivity contribution < 1.29 is 18.7 Å². The number of aromatic nitrogens is 2. The largest absolute Gasteiger partial charge is 0.508 e. The molecule has 3 aromatic rings. The number of carbonyl (C=O) groups is 1. The molecule has 1 aromatic heterocycles. The lowest BCUT2D eigenvalue weighted by molar-refractivity contribution is -0.116. The lowest BCUT2D eigenvalue weighted by Crippen LogP contribution is -2.25. The number of aromatic hydroxyl groups is 1. The zero-order valence-electron chi connectivity index (χ0n) is 12.9. The first-order chi connectivity index (χ1) is 12.0. The molecule has 5 nitrogen and oxygen atoms in total. The number of nitrogens with one attached hydrogen (secondary N) is 1. The number of imidazole rings is 1. The van der Waals surface area contributed by atoms with Crippen molar-refractivity contribution in [2.75, 3.05) is 5.32 Å². The van der Waals surface area contributed by atoms with E-state index in [1.807, 2.05) is 0 Å². The number of fused-ring (bicyclic) bond motifs is 1. The van der Waals surface area contributed by atoms with Crippen LogP contribution < -0.4 is 5.32 Å². The van der Waals surface area contributed by atoms with Crippen LogP contribution in [0, 0.1) is 11.6 Å². The first-order valence-corrected chi connectivity index (χ1v) is 7.64. The predicted molar refractivity (Wildman–Crippen MR) is 86.7 cm³/mol. The number of carbonyl (C=O) groups excluding carboxylic acids is 1. The number of phenols is 1. The summed E-state index contributed by atoms with van der Waals surface area (Å²) in [5.41, 5.74) is 1.22. The second kappa shape index (κ2) is 5.70. The summed E-state index contributed by atoms with van der Waals surface area (Å²) in [5, 5.41) is 12.4. The number of anilines is 1. The van der Waals surface area contributed by atoms with Crippen molar-refractivity contribution in [1.82, 2.24) is 9.55 Å². The lowest BCUT2D eigenvalue weighted by Gasteiger charge is -2.23. The highest BCUT2D eigenvalue weighted by Crippen LogP contribution is 2.38. The second-order valence-electron chi connectivity index (χ2n) is 5.84. The Labute approximate surface area is 141 Å². The number of phenolic OH excluding ortho intramolecular Hbond substituents is 1. The van der Waals surface area contributed by atoms with E-state index in [0.29, 0.717) is 11.5 Å². The molecule has 0 fully saturated rings. The van der Waals surface area contributed by atoms with E-state index in [0.717, 1.165) is 23.8 Å². The minimum atomic E-state index is -0.629. The molecule has 0 radical (unpaired) electrons. The summed E-state index contributed by atoms with van der Waals surface area (Å²) < 4.78 is 29.0. The molecule has 4 rings (SSSR count). The maximum atomic E-state index is 14.1. The number of benzene rings is 2. The Kier molecular flexibility index (Phi) is 3.49. The topological polar surface area (TPSA) is 67.1 Å². The molecule has 25 heavy (non-hydrogen) atoms. The van der Waals surface area contributed by atoms with Crippen molar-refractivity contribution >= 4 is 11.7 Å². The van der Waals surface area contributed by atoms with Crippen molar-refractivity contribution in [2.24, 2.45) is 0 Å². The summed E-state index contributed by atoms with van der Waals surface area (Å²) in [4.78, 5) is 16.4. The third kappa shape index (κ3) is 2.63. The van der Waals surface area contributed by atoms with E-state index in [2.05, 4.69) is 10.3 Å². The van der Waals surface area contributed by atoms with Crippen molar-refractivity contribution in [2.45, 2.75) is 12.3 Å². The average molecular weight is 341 g/mol. The zero-order chi connectivity index (χ0) is 17.6. The summed E-state index contributed by atoms with van der Waals surface area (Å²) in [6.45, 7) is 0. The fourth-order valence-corrected chi connectivity index (χ4v) is 3.08. The number of nitrogens with zero attached hydrogens (tertiary/aromatic N) is 2. The van der Waals surface area contributed by atoms with Gasteiger partial charge in [0, 0.05) is 18.4 Å². The number of hydrogen-bond acceptors (Lipinski definition) is 3. The van der Waals surface area contributed by atoms with Gasteiger partial charge in [-0.1, -0.05) is 12.1 Å². The highest BCUT2D eigenvalue weighted by molar-refractivity contribution is 5.94. The summed E-state index contributed by atoms with van der Waals surface area (Å²) in [7, 11) is 0. The monoisotopic (exact) mass is 341 g/mol. The van der Waals surface area contributed by atoms with Crippen LogP contribution in [0.4, 0.5) is 14.6 Å². The summed E-state index contributed by atoms with van der Waals surface area (Å²) in [5.74, 6) is -1.48. The van der Waals surface area contributed by atoms with Gasteiger partial charge in [-0.2, -0.15) is 0 Å². The Morgan fingerprint density at radius 2 is 2.04 bits per heavy atom. The first kappa shape index (κ1) is 15.3. The number of rotatable bonds is 2. The van der Waals surface area contributed by atoms with Crippen LogP contribution in [0.1, 0.15) is 23.6 Å². The Bertz CT molecular complexity index is 984. The third-order valence-corrected chi connectivity index (χ3v) is 4.21. The van der Waals surface area contributed by atoms with Crippen LogP contribution in [-0.2, 0) is 4.79 Å². The molecule has 0 spiro atoms. The molecule has 0 bridgehead atoms. The van der Waals surface area contributed by atoms with E-state index in [9.17, 15) is 18.7 Å². The quantitative estimate of drug-likeness (QED) is 0.751. The van der Waals surface area contributed by atoms with Gasteiger partial charge in [-0.3, -0.25) is 9.36 Å². The molecule has 1 aliphatic heterocycles. The highest BCUT2D eigenvalue weighted by Gasteiger charge is 2.31. The van der Waals surface area contributed by atoms with Crippen LogP contribution >= 0.6 is 0 Å². The molecule has 1 amide bonds. The number of halogens is 2. The highest BCUT2D eigenvalue weighted by atomic mass is 19.1. The van der Waals surface area contributed by atoms with Crippen LogP contribution in [-0.4, -0.2) is 20.6 Å². The van der Waals surface area contributed by atoms with E-state index in [1.54, 1.807) is 18.2 Å². The van der Waals surface area contributed by atoms with Crippen LogP contribution in [0.15, 0.2) is 48.8 Å². The Hall–Kier alpha value is -3.22. The molecule has 0 saturated carbocycles. The van der Waals surface area contributed by atoms with Crippen molar-refractivity contribution in [3.8, 4) is 11.4 Å². The molecule has 1 aliphatic rings. The van der Waals surface area contributed by atoms with Gasteiger partial charge < -0.3 is 10.4 Å². The van der Waals surface area contributed by atoms with Crippen molar-refractivity contribution in [3.05, 3.63) is 71.7 Å². The lowest BCUT2D eigenvalue weighted by atomic mass is 9.90. The zero-order valence-corrected chi connectivity index (χ0v) is 12.9. The fourth-order valence-electron chi connectivity index (χ4n) is 3.08. The molecule has 7 heteroatoms. The second-order valence-corrected chi connectivity index (χ2v) is 5.84. The van der Waals surface area contributed by atoms with E-state index in [-0.39, 0.29) is 29.7 Å². The minimum absolute atomic E-state index is 0.0365. The molecule has 0 aliphatic carbocycles. The molecular formula is C18H13F2N3O2. The van der Waals surface area contributed by atoms with Crippen LogP contribution in [0.3, 0.4) is 0 Å². The molecular weight excluding hydrogens is 328 g/mol. The third-order valence-electron chi connectivity index (χ3n) is 4.21. The van der Waals surface area contributed by atoms with Gasteiger partial charge in [-0.25, -0.2) is 13.8 Å². The Morgan fingerprint density at radius 1 is 1.20 bits per heavy atom. The van der Waals surface area contributed by atoms with Gasteiger partial charge in [-0.05, 0) is 29.8 Å². The molecule has 0 saturated heterocycles. The van der Waals surface area contributed by atoms with E-state index >= 15 is 0 Å². The molecule has 2 heterocycles. The van der Waals surface area contributed by atoms with E-state index in [1.165, 1.54) is 17.0 Å². The predicted octanol–water partition coefficient (Wildman–Crippen LogP) is 3.33. The number of amides is 1. The van der Waals surface area contributed by atoms with Crippen molar-refractivity contribution in [1.29, 1.82) is 0 Å². The van der Waals surface area contributed by atoms with Crippen LogP contribution in [0.2, 0.25) is 0 Å². The van der Waals surface area contributed by atoms with Crippen molar-refractivity contribution in [3.63, 3.8) is 0 Å². The van der Waals surface area contributed by atoms with Gasteiger partial charge in [0.15, 0.2) is 0 Å². The minimum Gasteiger partial charge on any atom is -0.508 e. The molecule has 1 atom stereocenters. The first-order valence-electron chi connectivity index (χ1n) is 7.64. The van der Waals surface area contributed by atoms with Crippen LogP contribution in [0.5, 0.6) is 5.75 Å². The summed E-state index contributed by atoms with van der Waals surface area (Å²) in [6.07, 6.45) is 1.50. The van der Waals surface area contributed by atoms with Gasteiger partial charge in [0.25, 0.3) is 0 Å². The molecule has 2 aromatic carbocycles. The summed E-state index contributed by atoms with van der Waals surface area (Å²) in [6, 6.07) is 9.66. The maximum Gasteiger partial charge on any atom is 0.226 e. The van der Waals surface area contributed by atoms with E-state index in [4.69, 9.17) is 0 Å². The number of hydrogen-bond donors (Lipinski definition) is 2. The maximum absolute atomic E-state index is 14.1. The smallest absolute Gasteiger partial charge is 0.226 e. The van der Waals surface area contributed by atoms with Gasteiger partial charge in [-0.15, -0.1) is 0 Å². The fraction of sp³-hybridized carbons (Fsp3) is 0.111. The van der Waals surface area contributed by atoms with Gasteiger partial charge >= 0.3 is 0 Å². The standard InChI is InChI=1S/C18H13F2N3O2/c19-11-4-5-14(20)15(7-11)23-9-21-17-13(8-16(25)22-18(17)23)10-2-1-3-12(24)6-10/h1-7,9,13,24H,8H2,(H,22,25)/t13-/m1/s1. The molecule has 126 valence electrons. The molecule has 2 N–H and O–H groups in total. The van der Waals surface area contributed by atoms with Gasteiger partial charge in [0.2, 0.25) is 5.91 Å². The average Bonchev–Trinajstić information content (AvgIpc) is 3.00. The summed E-state index contributed by atoms with van der Waals surface area (Å²) >= 11 is 0. The van der Waals surface area contributed by atoms with Gasteiger partial charge in [0.1, 0.15) is 29.5 Å². The van der Waals surface area contributed by atoms with Crippen LogP contribution in [0.25, 0.3) is 5.69 Å².